The molecule has 0 radical (unpaired) electrons. The van der Waals surface area contributed by atoms with E-state index >= 15 is 0 Å². The number of amides is 1. The summed E-state index contributed by atoms with van der Waals surface area (Å²) >= 11 is 0. The molecule has 0 aromatic heterocycles. The summed E-state index contributed by atoms with van der Waals surface area (Å²) in [5, 5.41) is 0. The zero-order valence-corrected chi connectivity index (χ0v) is 16.9. The van der Waals surface area contributed by atoms with Crippen LogP contribution in [0.25, 0.3) is 0 Å². The number of benzene rings is 2. The van der Waals surface area contributed by atoms with Crippen LogP contribution >= 0.6 is 0 Å². The third-order valence-electron chi connectivity index (χ3n) is 4.49. The molecule has 0 unspecified atom stereocenters. The van der Waals surface area contributed by atoms with Gasteiger partial charge in [-0.3, -0.25) is 4.79 Å². The molecule has 0 spiro atoms. The molecule has 2 aromatic rings. The van der Waals surface area contributed by atoms with E-state index in [-0.39, 0.29) is 17.2 Å². The molecule has 1 amide bonds. The van der Waals surface area contributed by atoms with Crippen molar-refractivity contribution in [2.45, 2.75) is 11.9 Å². The van der Waals surface area contributed by atoms with Crippen LogP contribution in [0.1, 0.15) is 27.6 Å². The van der Waals surface area contributed by atoms with Gasteiger partial charge in [0.1, 0.15) is 0 Å². The molecule has 1 aliphatic heterocycles. The van der Waals surface area contributed by atoms with E-state index in [1.165, 1.54) is 12.1 Å². The van der Waals surface area contributed by atoms with Crippen LogP contribution in [-0.4, -0.2) is 57.8 Å². The minimum atomic E-state index is -3.17. The van der Waals surface area contributed by atoms with Gasteiger partial charge in [0.15, 0.2) is 9.84 Å². The van der Waals surface area contributed by atoms with Crippen LogP contribution < -0.4 is 0 Å². The molecule has 8 heteroatoms. The fraction of sp³-hybridized carbons (Fsp3) is 0.333. The Morgan fingerprint density at radius 2 is 1.66 bits per heavy atom. The van der Waals surface area contributed by atoms with Crippen molar-refractivity contribution >= 4 is 21.7 Å². The van der Waals surface area contributed by atoms with Crippen molar-refractivity contribution in [1.29, 1.82) is 0 Å². The minimum Gasteiger partial charge on any atom is -0.444 e. The summed E-state index contributed by atoms with van der Waals surface area (Å²) < 4.78 is 33.7. The first-order valence-electron chi connectivity index (χ1n) is 9.22. The highest BCUT2D eigenvalue weighted by atomic mass is 32.2. The highest BCUT2D eigenvalue weighted by molar-refractivity contribution is 7.89. The second kappa shape index (κ2) is 9.19. The largest absolute Gasteiger partial charge is 0.444 e. The number of sulfone groups is 1. The van der Waals surface area contributed by atoms with Gasteiger partial charge in [-0.2, -0.15) is 0 Å². The van der Waals surface area contributed by atoms with Gasteiger partial charge in [-0.25, -0.2) is 13.2 Å². The molecule has 1 aliphatic rings. The average molecular weight is 417 g/mol. The van der Waals surface area contributed by atoms with Gasteiger partial charge in [-0.05, 0) is 17.7 Å². The van der Waals surface area contributed by atoms with Crippen LogP contribution in [0.15, 0.2) is 54.6 Å². The van der Waals surface area contributed by atoms with Crippen LogP contribution in [-0.2, 0) is 29.9 Å². The van der Waals surface area contributed by atoms with Crippen molar-refractivity contribution < 1.29 is 27.5 Å². The number of morpholine rings is 1. The number of hydrogen-bond donors (Lipinski definition) is 0. The number of hydrogen-bond acceptors (Lipinski definition) is 6. The fourth-order valence-electron chi connectivity index (χ4n) is 3.05. The number of carbonyl (C=O) groups excluding carboxylic acids is 2. The van der Waals surface area contributed by atoms with E-state index < -0.39 is 21.9 Å². The maximum atomic E-state index is 13.0. The first-order valence-corrected chi connectivity index (χ1v) is 11.3. The zero-order valence-electron chi connectivity index (χ0n) is 16.1. The lowest BCUT2D eigenvalue weighted by atomic mass is 10.1. The van der Waals surface area contributed by atoms with Crippen LogP contribution in [0.3, 0.4) is 0 Å². The van der Waals surface area contributed by atoms with Crippen LogP contribution in [0, 0.1) is 0 Å². The Kier molecular flexibility index (Phi) is 6.66. The van der Waals surface area contributed by atoms with Crippen molar-refractivity contribution in [2.75, 3.05) is 32.6 Å². The standard InChI is InChI=1S/C21H23NO6S/c1-29(25,26)15-16-7-9-18(10-8-16)21(24)28-19(17-5-3-2-4-6-17)20(23)22-11-13-27-14-12-22/h2-10,19H,11-15H2,1H3/t19-/m0/s1. The molecule has 29 heavy (non-hydrogen) atoms. The molecule has 7 nitrogen and oxygen atoms in total. The van der Waals surface area contributed by atoms with E-state index in [1.807, 2.05) is 6.07 Å². The maximum Gasteiger partial charge on any atom is 0.339 e. The maximum absolute atomic E-state index is 13.0. The van der Waals surface area contributed by atoms with Gasteiger partial charge in [-0.1, -0.05) is 42.5 Å². The zero-order chi connectivity index (χ0) is 20.9. The highest BCUT2D eigenvalue weighted by Gasteiger charge is 2.30. The molecule has 0 saturated carbocycles. The summed E-state index contributed by atoms with van der Waals surface area (Å²) in [4.78, 5) is 27.3. The monoisotopic (exact) mass is 417 g/mol. The van der Waals surface area contributed by atoms with Gasteiger partial charge in [0.2, 0.25) is 6.10 Å². The fourth-order valence-corrected chi connectivity index (χ4v) is 3.85. The summed E-state index contributed by atoms with van der Waals surface area (Å²) in [5.74, 6) is -1.04. The van der Waals surface area contributed by atoms with E-state index in [1.54, 1.807) is 41.3 Å². The lowest BCUT2D eigenvalue weighted by molar-refractivity contribution is -0.145. The smallest absolute Gasteiger partial charge is 0.339 e. The summed E-state index contributed by atoms with van der Waals surface area (Å²) in [6.45, 7) is 1.78. The lowest BCUT2D eigenvalue weighted by Crippen LogP contribution is -2.44. The van der Waals surface area contributed by atoms with Gasteiger partial charge >= 0.3 is 5.97 Å². The second-order valence-electron chi connectivity index (χ2n) is 6.90. The minimum absolute atomic E-state index is 0.107. The van der Waals surface area contributed by atoms with E-state index in [9.17, 15) is 18.0 Å². The van der Waals surface area contributed by atoms with E-state index in [2.05, 4.69) is 0 Å². The molecule has 0 N–H and O–H groups in total. The molecule has 1 fully saturated rings. The van der Waals surface area contributed by atoms with Gasteiger partial charge in [-0.15, -0.1) is 0 Å². The summed E-state index contributed by atoms with van der Waals surface area (Å²) in [5.41, 5.74) is 1.41. The Hall–Kier alpha value is -2.71. The van der Waals surface area contributed by atoms with E-state index in [0.717, 1.165) is 6.26 Å². The Labute approximate surface area is 170 Å². The van der Waals surface area contributed by atoms with Crippen LogP contribution in [0.5, 0.6) is 0 Å². The van der Waals surface area contributed by atoms with Crippen molar-refractivity contribution in [3.63, 3.8) is 0 Å². The molecular formula is C21H23NO6S. The topological polar surface area (TPSA) is 90.0 Å². The molecule has 3 rings (SSSR count). The Bertz CT molecular complexity index is 950. The first kappa shape index (κ1) is 21.0. The number of esters is 1. The lowest BCUT2D eigenvalue weighted by Gasteiger charge is -2.30. The van der Waals surface area contributed by atoms with E-state index in [0.29, 0.717) is 37.4 Å². The van der Waals surface area contributed by atoms with Crippen LogP contribution in [0.2, 0.25) is 0 Å². The molecule has 1 atom stereocenters. The van der Waals surface area contributed by atoms with Crippen LogP contribution in [0.4, 0.5) is 0 Å². The summed E-state index contributed by atoms with van der Waals surface area (Å²) in [6.07, 6.45) is 0.0918. The average Bonchev–Trinajstić information content (AvgIpc) is 2.72. The van der Waals surface area contributed by atoms with Gasteiger partial charge in [0.25, 0.3) is 5.91 Å². The second-order valence-corrected chi connectivity index (χ2v) is 9.04. The van der Waals surface area contributed by atoms with Crippen molar-refractivity contribution in [3.8, 4) is 0 Å². The number of rotatable bonds is 6. The number of nitrogens with zero attached hydrogens (tertiary/aromatic N) is 1. The Morgan fingerprint density at radius 3 is 2.24 bits per heavy atom. The van der Waals surface area contributed by atoms with Gasteiger partial charge in [0, 0.05) is 24.9 Å². The first-order chi connectivity index (χ1) is 13.8. The predicted octanol–water partition coefficient (Wildman–Crippen LogP) is 1.99. The van der Waals surface area contributed by atoms with Gasteiger partial charge in [0.05, 0.1) is 24.5 Å². The van der Waals surface area contributed by atoms with Crippen molar-refractivity contribution in [3.05, 3.63) is 71.3 Å². The quantitative estimate of drug-likeness (QED) is 0.668. The number of carbonyl (C=O) groups is 2. The third-order valence-corrected chi connectivity index (χ3v) is 5.35. The molecule has 1 heterocycles. The summed E-state index contributed by atoms with van der Waals surface area (Å²) in [7, 11) is -3.17. The molecule has 0 aliphatic carbocycles. The SMILES string of the molecule is CS(=O)(=O)Cc1ccc(C(=O)O[C@H](C(=O)N2CCOCC2)c2ccccc2)cc1. The molecule has 1 saturated heterocycles. The van der Waals surface area contributed by atoms with Crippen molar-refractivity contribution in [1.82, 2.24) is 4.90 Å². The van der Waals surface area contributed by atoms with Crippen molar-refractivity contribution in [2.24, 2.45) is 0 Å². The Balaban J connectivity index is 1.78. The third kappa shape index (κ3) is 5.88. The molecule has 154 valence electrons. The Morgan fingerprint density at radius 1 is 1.03 bits per heavy atom. The summed E-state index contributed by atoms with van der Waals surface area (Å²) in [6, 6.07) is 15.0. The van der Waals surface area contributed by atoms with Gasteiger partial charge < -0.3 is 14.4 Å². The normalized spacial score (nSPS) is 15.6. The predicted molar refractivity (Wildman–Crippen MR) is 107 cm³/mol. The molecule has 0 bridgehead atoms. The molecule has 2 aromatic carbocycles. The van der Waals surface area contributed by atoms with E-state index in [4.69, 9.17) is 9.47 Å². The molecular weight excluding hydrogens is 394 g/mol. The highest BCUT2D eigenvalue weighted by Crippen LogP contribution is 2.23. The number of ether oxygens (including phenoxy) is 2.